The molecule has 0 aliphatic carbocycles. The molecule has 1 aliphatic rings. The Morgan fingerprint density at radius 2 is 1.70 bits per heavy atom. The second-order valence-electron chi connectivity index (χ2n) is 7.07. The number of morpholine rings is 1. The Hall–Kier alpha value is -2.98. The molecule has 1 aliphatic heterocycles. The summed E-state index contributed by atoms with van der Waals surface area (Å²) < 4.78 is 5.33. The third-order valence-corrected chi connectivity index (χ3v) is 5.70. The highest BCUT2D eigenvalue weighted by Gasteiger charge is 2.21. The highest BCUT2D eigenvalue weighted by molar-refractivity contribution is 7.17. The van der Waals surface area contributed by atoms with Crippen LogP contribution in [0.25, 0.3) is 0 Å². The van der Waals surface area contributed by atoms with Crippen LogP contribution in [0, 0.1) is 20.8 Å². The minimum Gasteiger partial charge on any atom is -0.378 e. The SMILES string of the molecule is Cc1cc(C)cc(C(=O)NCC(=O)NNC(=O)c2sc(N3CCOCC3)nc2C)c1. The molecule has 1 fully saturated rings. The maximum Gasteiger partial charge on any atom is 0.281 e. The van der Waals surface area contributed by atoms with Crippen LogP contribution in [-0.4, -0.2) is 55.6 Å². The molecular weight excluding hydrogens is 406 g/mol. The molecule has 2 heterocycles. The highest BCUT2D eigenvalue weighted by Crippen LogP contribution is 2.26. The standard InChI is InChI=1S/C20H25N5O4S/c1-12-8-13(2)10-15(9-12)18(27)21-11-16(26)23-24-19(28)17-14(3)22-20(30-17)25-4-6-29-7-5-25/h8-10H,4-7,11H2,1-3H3,(H,21,27)(H,23,26)(H,24,28). The summed E-state index contributed by atoms with van der Waals surface area (Å²) in [5.74, 6) is -1.33. The number of rotatable bonds is 5. The van der Waals surface area contributed by atoms with Crippen LogP contribution in [0.15, 0.2) is 18.2 Å². The summed E-state index contributed by atoms with van der Waals surface area (Å²) in [7, 11) is 0. The number of hydrazine groups is 1. The van der Waals surface area contributed by atoms with Crippen molar-refractivity contribution in [1.29, 1.82) is 0 Å². The van der Waals surface area contributed by atoms with Gasteiger partial charge in [-0.15, -0.1) is 0 Å². The zero-order valence-corrected chi connectivity index (χ0v) is 18.0. The average molecular weight is 432 g/mol. The number of hydrogen-bond donors (Lipinski definition) is 3. The van der Waals surface area contributed by atoms with Gasteiger partial charge in [-0.25, -0.2) is 4.98 Å². The Balaban J connectivity index is 1.49. The van der Waals surface area contributed by atoms with Gasteiger partial charge in [-0.3, -0.25) is 25.2 Å². The topological polar surface area (TPSA) is 113 Å². The molecule has 2 aromatic rings. The van der Waals surface area contributed by atoms with Gasteiger partial charge in [-0.1, -0.05) is 28.5 Å². The maximum absolute atomic E-state index is 12.4. The molecule has 3 N–H and O–H groups in total. The van der Waals surface area contributed by atoms with E-state index >= 15 is 0 Å². The third-order valence-electron chi connectivity index (χ3n) is 4.48. The molecule has 0 spiro atoms. The van der Waals surface area contributed by atoms with Gasteiger partial charge < -0.3 is 15.0 Å². The number of benzene rings is 1. The van der Waals surface area contributed by atoms with Crippen LogP contribution >= 0.6 is 11.3 Å². The van der Waals surface area contributed by atoms with E-state index in [4.69, 9.17) is 4.74 Å². The van der Waals surface area contributed by atoms with Crippen molar-refractivity contribution in [3.05, 3.63) is 45.5 Å². The average Bonchev–Trinajstić information content (AvgIpc) is 3.12. The number of carbonyl (C=O) groups excluding carboxylic acids is 3. The maximum atomic E-state index is 12.4. The number of carbonyl (C=O) groups is 3. The Kier molecular flexibility index (Phi) is 7.01. The summed E-state index contributed by atoms with van der Waals surface area (Å²) in [6.07, 6.45) is 0. The van der Waals surface area contributed by atoms with Gasteiger partial charge in [0.15, 0.2) is 5.13 Å². The molecule has 0 bridgehead atoms. The van der Waals surface area contributed by atoms with Gasteiger partial charge in [-0.2, -0.15) is 0 Å². The third kappa shape index (κ3) is 5.55. The molecule has 10 heteroatoms. The Labute approximate surface area is 178 Å². The van der Waals surface area contributed by atoms with Crippen LogP contribution in [0.3, 0.4) is 0 Å². The fourth-order valence-electron chi connectivity index (χ4n) is 3.08. The van der Waals surface area contributed by atoms with Crippen molar-refractivity contribution >= 4 is 34.2 Å². The van der Waals surface area contributed by atoms with Crippen LogP contribution in [0.1, 0.15) is 36.9 Å². The van der Waals surface area contributed by atoms with E-state index in [1.54, 1.807) is 19.1 Å². The number of amides is 3. The minimum absolute atomic E-state index is 0.257. The molecule has 0 unspecified atom stereocenters. The quantitative estimate of drug-likeness (QED) is 0.611. The molecule has 1 saturated heterocycles. The first-order valence-corrected chi connectivity index (χ1v) is 10.4. The van der Waals surface area contributed by atoms with Crippen molar-refractivity contribution in [2.45, 2.75) is 20.8 Å². The fourth-order valence-corrected chi connectivity index (χ4v) is 4.09. The molecule has 160 valence electrons. The lowest BCUT2D eigenvalue weighted by Gasteiger charge is -2.25. The molecule has 0 radical (unpaired) electrons. The van der Waals surface area contributed by atoms with Crippen LogP contribution in [0.5, 0.6) is 0 Å². The van der Waals surface area contributed by atoms with Crippen LogP contribution in [0.4, 0.5) is 5.13 Å². The highest BCUT2D eigenvalue weighted by atomic mass is 32.1. The number of nitrogens with one attached hydrogen (secondary N) is 3. The Morgan fingerprint density at radius 3 is 2.37 bits per heavy atom. The number of nitrogens with zero attached hydrogens (tertiary/aromatic N) is 2. The van der Waals surface area contributed by atoms with E-state index in [1.165, 1.54) is 11.3 Å². The van der Waals surface area contributed by atoms with Gasteiger partial charge in [0.2, 0.25) is 0 Å². The normalized spacial score (nSPS) is 13.6. The van der Waals surface area contributed by atoms with Crippen LogP contribution in [-0.2, 0) is 9.53 Å². The van der Waals surface area contributed by atoms with Gasteiger partial charge in [-0.05, 0) is 32.9 Å². The monoisotopic (exact) mass is 431 g/mol. The van der Waals surface area contributed by atoms with E-state index < -0.39 is 11.8 Å². The van der Waals surface area contributed by atoms with Crippen molar-refractivity contribution in [2.24, 2.45) is 0 Å². The molecular formula is C20H25N5O4S. The van der Waals surface area contributed by atoms with Crippen molar-refractivity contribution in [1.82, 2.24) is 21.2 Å². The summed E-state index contributed by atoms with van der Waals surface area (Å²) in [4.78, 5) is 43.6. The minimum atomic E-state index is -0.531. The predicted molar refractivity (Wildman–Crippen MR) is 114 cm³/mol. The molecule has 3 amide bonds. The lowest BCUT2D eigenvalue weighted by atomic mass is 10.1. The smallest absolute Gasteiger partial charge is 0.281 e. The molecule has 9 nitrogen and oxygen atoms in total. The van der Waals surface area contributed by atoms with Gasteiger partial charge >= 0.3 is 0 Å². The van der Waals surface area contributed by atoms with Gasteiger partial charge in [0, 0.05) is 18.7 Å². The first-order chi connectivity index (χ1) is 14.3. The summed E-state index contributed by atoms with van der Waals surface area (Å²) >= 11 is 1.27. The number of anilines is 1. The molecule has 3 rings (SSSR count). The van der Waals surface area contributed by atoms with Gasteiger partial charge in [0.25, 0.3) is 17.7 Å². The lowest BCUT2D eigenvalue weighted by Crippen LogP contribution is -2.46. The summed E-state index contributed by atoms with van der Waals surface area (Å²) in [5, 5.41) is 3.30. The first-order valence-electron chi connectivity index (χ1n) is 9.59. The van der Waals surface area contributed by atoms with Crippen molar-refractivity contribution in [2.75, 3.05) is 37.7 Å². The summed E-state index contributed by atoms with van der Waals surface area (Å²) in [6, 6.07) is 5.46. The molecule has 0 saturated carbocycles. The van der Waals surface area contributed by atoms with Gasteiger partial charge in [0.05, 0.1) is 25.5 Å². The molecule has 30 heavy (non-hydrogen) atoms. The number of aromatic nitrogens is 1. The van der Waals surface area contributed by atoms with E-state index in [-0.39, 0.29) is 12.5 Å². The Morgan fingerprint density at radius 1 is 1.03 bits per heavy atom. The lowest BCUT2D eigenvalue weighted by molar-refractivity contribution is -0.120. The molecule has 0 atom stereocenters. The fraction of sp³-hybridized carbons (Fsp3) is 0.400. The second-order valence-corrected chi connectivity index (χ2v) is 8.05. The van der Waals surface area contributed by atoms with Crippen LogP contribution in [0.2, 0.25) is 0 Å². The van der Waals surface area contributed by atoms with E-state index in [0.717, 1.165) is 29.3 Å². The Bertz CT molecular complexity index is 932. The zero-order chi connectivity index (χ0) is 21.7. The number of ether oxygens (including phenoxy) is 1. The largest absolute Gasteiger partial charge is 0.378 e. The summed E-state index contributed by atoms with van der Waals surface area (Å²) in [6.45, 7) is 8.01. The van der Waals surface area contributed by atoms with E-state index in [2.05, 4.69) is 26.1 Å². The molecule has 1 aromatic heterocycles. The predicted octanol–water partition coefficient (Wildman–Crippen LogP) is 1.10. The van der Waals surface area contributed by atoms with Crippen molar-refractivity contribution in [3.8, 4) is 0 Å². The van der Waals surface area contributed by atoms with E-state index in [0.29, 0.717) is 29.3 Å². The van der Waals surface area contributed by atoms with E-state index in [9.17, 15) is 14.4 Å². The first kappa shape index (κ1) is 21.7. The molecule has 1 aromatic carbocycles. The number of aryl methyl sites for hydroxylation is 3. The zero-order valence-electron chi connectivity index (χ0n) is 17.2. The summed E-state index contributed by atoms with van der Waals surface area (Å²) in [5.41, 5.74) is 7.71. The van der Waals surface area contributed by atoms with Crippen molar-refractivity contribution in [3.63, 3.8) is 0 Å². The number of hydrogen-bond acceptors (Lipinski definition) is 7. The van der Waals surface area contributed by atoms with E-state index in [1.807, 2.05) is 19.9 Å². The van der Waals surface area contributed by atoms with Gasteiger partial charge in [0.1, 0.15) is 4.88 Å². The van der Waals surface area contributed by atoms with Crippen LogP contribution < -0.4 is 21.1 Å². The van der Waals surface area contributed by atoms with Crippen molar-refractivity contribution < 1.29 is 19.1 Å². The second kappa shape index (κ2) is 9.68. The number of thiazole rings is 1.